The molecule has 7 nitrogen and oxygen atoms in total. The van der Waals surface area contributed by atoms with Crippen LogP contribution in [0.2, 0.25) is 0 Å². The second kappa shape index (κ2) is 10.1. The van der Waals surface area contributed by atoms with Crippen LogP contribution in [0.4, 0.5) is 11.4 Å². The van der Waals surface area contributed by atoms with Gasteiger partial charge in [0, 0.05) is 17.1 Å². The molecule has 0 aliphatic rings. The summed E-state index contributed by atoms with van der Waals surface area (Å²) in [6.07, 6.45) is 0. The van der Waals surface area contributed by atoms with Crippen LogP contribution in [-0.4, -0.2) is 35.1 Å². The minimum Gasteiger partial charge on any atom is -0.493 e. The number of nitrogens with one attached hydrogen (secondary N) is 1. The SMILES string of the molecule is COc1ccc(S(=O)(=O)N(CC(=O)Nc2cccc3ccccc23)c2ccc(C)cc2)cc1OC. The van der Waals surface area contributed by atoms with Gasteiger partial charge in [-0.05, 0) is 42.6 Å². The monoisotopic (exact) mass is 490 g/mol. The van der Waals surface area contributed by atoms with Crippen LogP contribution in [0.1, 0.15) is 5.56 Å². The van der Waals surface area contributed by atoms with Crippen molar-refractivity contribution in [2.24, 2.45) is 0 Å². The first-order valence-electron chi connectivity index (χ1n) is 10.9. The van der Waals surface area contributed by atoms with Crippen molar-refractivity contribution < 1.29 is 22.7 Å². The summed E-state index contributed by atoms with van der Waals surface area (Å²) in [6, 6.07) is 24.5. The zero-order chi connectivity index (χ0) is 25.0. The molecular formula is C27H26N2O5S. The number of nitrogens with zero attached hydrogens (tertiary/aromatic N) is 1. The quantitative estimate of drug-likeness (QED) is 0.376. The summed E-state index contributed by atoms with van der Waals surface area (Å²) in [5.74, 6) is 0.214. The summed E-state index contributed by atoms with van der Waals surface area (Å²) in [7, 11) is -1.21. The van der Waals surface area contributed by atoms with Crippen LogP contribution in [-0.2, 0) is 14.8 Å². The molecule has 1 N–H and O–H groups in total. The Bertz CT molecular complexity index is 1460. The van der Waals surface area contributed by atoms with Crippen molar-refractivity contribution in [2.45, 2.75) is 11.8 Å². The number of amides is 1. The third-order valence-electron chi connectivity index (χ3n) is 5.62. The Hall–Kier alpha value is -4.04. The molecule has 0 fully saturated rings. The molecule has 0 radical (unpaired) electrons. The lowest BCUT2D eigenvalue weighted by molar-refractivity contribution is -0.114. The van der Waals surface area contributed by atoms with Gasteiger partial charge in [-0.3, -0.25) is 9.10 Å². The van der Waals surface area contributed by atoms with Gasteiger partial charge < -0.3 is 14.8 Å². The normalized spacial score (nSPS) is 11.2. The zero-order valence-corrected chi connectivity index (χ0v) is 20.5. The molecule has 0 aliphatic heterocycles. The van der Waals surface area contributed by atoms with Crippen molar-refractivity contribution in [1.29, 1.82) is 0 Å². The first kappa shape index (κ1) is 24.1. The summed E-state index contributed by atoms with van der Waals surface area (Å²) >= 11 is 0. The van der Waals surface area contributed by atoms with Crippen molar-refractivity contribution in [2.75, 3.05) is 30.4 Å². The van der Waals surface area contributed by atoms with Crippen molar-refractivity contribution >= 4 is 38.1 Å². The first-order valence-corrected chi connectivity index (χ1v) is 12.4. The van der Waals surface area contributed by atoms with Gasteiger partial charge in [0.2, 0.25) is 5.91 Å². The minimum atomic E-state index is -4.12. The molecule has 0 unspecified atom stereocenters. The molecule has 4 rings (SSSR count). The summed E-state index contributed by atoms with van der Waals surface area (Å²) in [6.45, 7) is 1.49. The van der Waals surface area contributed by atoms with E-state index < -0.39 is 22.5 Å². The van der Waals surface area contributed by atoms with E-state index in [1.807, 2.05) is 43.3 Å². The summed E-state index contributed by atoms with van der Waals surface area (Å²) in [4.78, 5) is 13.1. The molecule has 8 heteroatoms. The highest BCUT2D eigenvalue weighted by Crippen LogP contribution is 2.32. The number of fused-ring (bicyclic) bond motifs is 1. The number of ether oxygens (including phenoxy) is 2. The average molecular weight is 491 g/mol. The average Bonchev–Trinajstić information content (AvgIpc) is 2.87. The van der Waals surface area contributed by atoms with Gasteiger partial charge in [0.15, 0.2) is 11.5 Å². The van der Waals surface area contributed by atoms with E-state index in [-0.39, 0.29) is 10.6 Å². The molecule has 0 saturated heterocycles. The highest BCUT2D eigenvalue weighted by molar-refractivity contribution is 7.92. The maximum absolute atomic E-state index is 13.7. The molecule has 0 spiro atoms. The largest absolute Gasteiger partial charge is 0.493 e. The van der Waals surface area contributed by atoms with E-state index in [1.54, 1.807) is 30.3 Å². The molecule has 0 bridgehead atoms. The fraction of sp³-hybridized carbons (Fsp3) is 0.148. The van der Waals surface area contributed by atoms with E-state index in [0.29, 0.717) is 17.1 Å². The molecular weight excluding hydrogens is 464 g/mol. The number of hydrogen-bond acceptors (Lipinski definition) is 5. The Labute approximate surface area is 205 Å². The second-order valence-electron chi connectivity index (χ2n) is 7.94. The third kappa shape index (κ3) is 5.07. The van der Waals surface area contributed by atoms with Crippen LogP contribution in [0.15, 0.2) is 89.8 Å². The topological polar surface area (TPSA) is 84.9 Å². The number of aryl methyl sites for hydroxylation is 1. The van der Waals surface area contributed by atoms with E-state index in [1.165, 1.54) is 32.4 Å². The number of carbonyl (C=O) groups excluding carboxylic acids is 1. The summed E-state index contributed by atoms with van der Waals surface area (Å²) < 4.78 is 39.1. The molecule has 4 aromatic carbocycles. The Morgan fingerprint density at radius 2 is 1.54 bits per heavy atom. The standard InChI is InChI=1S/C27H26N2O5S/c1-19-11-13-21(14-12-19)29(35(31,32)22-15-16-25(33-2)26(17-22)34-3)18-27(30)28-24-10-6-8-20-7-4-5-9-23(20)24/h4-17H,18H2,1-3H3,(H,28,30). The van der Waals surface area contributed by atoms with E-state index in [2.05, 4.69) is 5.32 Å². The minimum absolute atomic E-state index is 0.0197. The van der Waals surface area contributed by atoms with Gasteiger partial charge in [0.05, 0.1) is 24.8 Å². The van der Waals surface area contributed by atoms with Gasteiger partial charge in [-0.2, -0.15) is 0 Å². The molecule has 4 aromatic rings. The van der Waals surface area contributed by atoms with E-state index in [0.717, 1.165) is 20.6 Å². The Morgan fingerprint density at radius 1 is 0.857 bits per heavy atom. The third-order valence-corrected chi connectivity index (χ3v) is 7.39. The highest BCUT2D eigenvalue weighted by Gasteiger charge is 2.28. The smallest absolute Gasteiger partial charge is 0.264 e. The van der Waals surface area contributed by atoms with Gasteiger partial charge in [-0.15, -0.1) is 0 Å². The second-order valence-corrected chi connectivity index (χ2v) is 9.80. The maximum Gasteiger partial charge on any atom is 0.264 e. The Morgan fingerprint density at radius 3 is 2.26 bits per heavy atom. The van der Waals surface area contributed by atoms with Crippen molar-refractivity contribution in [3.8, 4) is 11.5 Å². The Balaban J connectivity index is 1.70. The number of sulfonamides is 1. The van der Waals surface area contributed by atoms with Gasteiger partial charge in [-0.25, -0.2) is 8.42 Å². The number of methoxy groups -OCH3 is 2. The van der Waals surface area contributed by atoms with Crippen LogP contribution < -0.4 is 19.1 Å². The number of carbonyl (C=O) groups is 1. The van der Waals surface area contributed by atoms with Crippen molar-refractivity contribution in [3.05, 3.63) is 90.5 Å². The lowest BCUT2D eigenvalue weighted by atomic mass is 10.1. The van der Waals surface area contributed by atoms with Gasteiger partial charge in [-0.1, -0.05) is 54.1 Å². The highest BCUT2D eigenvalue weighted by atomic mass is 32.2. The fourth-order valence-electron chi connectivity index (χ4n) is 3.78. The maximum atomic E-state index is 13.7. The molecule has 0 heterocycles. The van der Waals surface area contributed by atoms with E-state index in [4.69, 9.17) is 9.47 Å². The predicted molar refractivity (Wildman–Crippen MR) is 138 cm³/mol. The predicted octanol–water partition coefficient (Wildman–Crippen LogP) is 5.00. The van der Waals surface area contributed by atoms with E-state index in [9.17, 15) is 13.2 Å². The molecule has 1 amide bonds. The van der Waals surface area contributed by atoms with Gasteiger partial charge in [0.25, 0.3) is 10.0 Å². The van der Waals surface area contributed by atoms with Gasteiger partial charge in [0.1, 0.15) is 6.54 Å². The number of anilines is 2. The molecule has 180 valence electrons. The van der Waals surface area contributed by atoms with Crippen molar-refractivity contribution in [3.63, 3.8) is 0 Å². The number of benzene rings is 4. The van der Waals surface area contributed by atoms with Crippen molar-refractivity contribution in [1.82, 2.24) is 0 Å². The van der Waals surface area contributed by atoms with Crippen LogP contribution in [0.3, 0.4) is 0 Å². The van der Waals surface area contributed by atoms with E-state index >= 15 is 0 Å². The van der Waals surface area contributed by atoms with Gasteiger partial charge >= 0.3 is 0 Å². The summed E-state index contributed by atoms with van der Waals surface area (Å²) in [5, 5.41) is 4.71. The zero-order valence-electron chi connectivity index (χ0n) is 19.7. The fourth-order valence-corrected chi connectivity index (χ4v) is 5.22. The van der Waals surface area contributed by atoms with Crippen LogP contribution in [0.25, 0.3) is 10.8 Å². The van der Waals surface area contributed by atoms with Crippen LogP contribution in [0, 0.1) is 6.92 Å². The number of hydrogen-bond donors (Lipinski definition) is 1. The lowest BCUT2D eigenvalue weighted by Gasteiger charge is -2.25. The van der Waals surface area contributed by atoms with Crippen LogP contribution in [0.5, 0.6) is 11.5 Å². The summed E-state index contributed by atoms with van der Waals surface area (Å²) in [5.41, 5.74) is 1.95. The number of rotatable bonds is 8. The lowest BCUT2D eigenvalue weighted by Crippen LogP contribution is -2.38. The molecule has 0 saturated carbocycles. The van der Waals surface area contributed by atoms with Crippen LogP contribution >= 0.6 is 0 Å². The Kier molecular flexibility index (Phi) is 6.93. The molecule has 35 heavy (non-hydrogen) atoms. The molecule has 0 atom stereocenters. The molecule has 0 aromatic heterocycles. The molecule has 0 aliphatic carbocycles. The first-order chi connectivity index (χ1) is 16.8.